The van der Waals surface area contributed by atoms with Gasteiger partial charge in [-0.1, -0.05) is 6.07 Å². The summed E-state index contributed by atoms with van der Waals surface area (Å²) in [5, 5.41) is 0. The van der Waals surface area contributed by atoms with E-state index in [4.69, 9.17) is 0 Å². The molecule has 0 N–H and O–H groups in total. The summed E-state index contributed by atoms with van der Waals surface area (Å²) in [6, 6.07) is 3.16. The van der Waals surface area contributed by atoms with Crippen molar-refractivity contribution < 1.29 is 13.6 Å². The Morgan fingerprint density at radius 1 is 1.31 bits per heavy atom. The maximum Gasteiger partial charge on any atom is 0.139 e. The van der Waals surface area contributed by atoms with E-state index in [1.54, 1.807) is 6.07 Å². The van der Waals surface area contributed by atoms with Crippen LogP contribution in [0, 0.1) is 19.7 Å². The van der Waals surface area contributed by atoms with E-state index in [2.05, 4.69) is 9.22 Å². The molecule has 72 valence electrons. The Hall–Kier alpha value is -0.580. The van der Waals surface area contributed by atoms with Crippen LogP contribution in [0.2, 0.25) is 0 Å². The summed E-state index contributed by atoms with van der Waals surface area (Å²) >= 11 is 0.891. The summed E-state index contributed by atoms with van der Waals surface area (Å²) in [7, 11) is 1.38. The van der Waals surface area contributed by atoms with Gasteiger partial charge in [0, 0.05) is 0 Å². The fourth-order valence-electron chi connectivity index (χ4n) is 0.927. The lowest BCUT2D eigenvalue weighted by atomic mass is 10.1. The number of halogens is 1. The van der Waals surface area contributed by atoms with Gasteiger partial charge in [-0.3, -0.25) is 0 Å². The van der Waals surface area contributed by atoms with E-state index in [-0.39, 0.29) is 5.82 Å². The van der Waals surface area contributed by atoms with Gasteiger partial charge in [-0.2, -0.15) is 4.33 Å². The van der Waals surface area contributed by atoms with Crippen molar-refractivity contribution >= 4 is 12.0 Å². The molecule has 0 amide bonds. The van der Waals surface area contributed by atoms with Gasteiger partial charge in [-0.15, -0.1) is 0 Å². The van der Waals surface area contributed by atoms with Crippen molar-refractivity contribution in [2.45, 2.75) is 18.7 Å². The maximum atomic E-state index is 13.2. The van der Waals surface area contributed by atoms with Crippen molar-refractivity contribution in [3.8, 4) is 0 Å². The third-order valence-electron chi connectivity index (χ3n) is 1.81. The highest BCUT2D eigenvalue weighted by atomic mass is 32.2. The molecule has 0 aromatic heterocycles. The van der Waals surface area contributed by atoms with Gasteiger partial charge >= 0.3 is 0 Å². The topological polar surface area (TPSA) is 18.5 Å². The molecular formula is C9H11FO2S. The molecule has 1 aromatic carbocycles. The molecule has 0 bridgehead atoms. The number of aryl methyl sites for hydroxylation is 1. The van der Waals surface area contributed by atoms with Gasteiger partial charge in [-0.25, -0.2) is 9.28 Å². The van der Waals surface area contributed by atoms with Crippen molar-refractivity contribution in [3.05, 3.63) is 29.1 Å². The lowest BCUT2D eigenvalue weighted by molar-refractivity contribution is -0.160. The monoisotopic (exact) mass is 202 g/mol. The zero-order valence-corrected chi connectivity index (χ0v) is 8.57. The fourth-order valence-corrected chi connectivity index (χ4v) is 1.50. The molecule has 4 heteroatoms. The SMILES string of the molecule is COOSc1c(F)ccc(C)c1C. The summed E-state index contributed by atoms with van der Waals surface area (Å²) in [6.07, 6.45) is 0. The molecule has 1 rings (SSSR count). The lowest BCUT2D eigenvalue weighted by Crippen LogP contribution is -1.90. The molecule has 0 aliphatic carbocycles. The first kappa shape index (κ1) is 10.5. The molecule has 0 aliphatic rings. The molecule has 0 heterocycles. The zero-order chi connectivity index (χ0) is 9.84. The first-order valence-corrected chi connectivity index (χ1v) is 4.54. The van der Waals surface area contributed by atoms with Gasteiger partial charge in [0.15, 0.2) is 0 Å². The smallest absolute Gasteiger partial charge is 0.139 e. The Balaban J connectivity index is 2.96. The lowest BCUT2D eigenvalue weighted by Gasteiger charge is -2.07. The molecule has 0 unspecified atom stereocenters. The maximum absolute atomic E-state index is 13.2. The molecule has 13 heavy (non-hydrogen) atoms. The molecule has 0 radical (unpaired) electrons. The minimum absolute atomic E-state index is 0.287. The minimum Gasteiger partial charge on any atom is -0.227 e. The van der Waals surface area contributed by atoms with Crippen LogP contribution >= 0.6 is 12.0 Å². The largest absolute Gasteiger partial charge is 0.227 e. The van der Waals surface area contributed by atoms with Gasteiger partial charge in [0.1, 0.15) is 5.82 Å². The quantitative estimate of drug-likeness (QED) is 0.426. The van der Waals surface area contributed by atoms with Crippen LogP contribution in [0.1, 0.15) is 11.1 Å². The normalized spacial score (nSPS) is 10.5. The van der Waals surface area contributed by atoms with Crippen molar-refractivity contribution in [1.82, 2.24) is 0 Å². The Kier molecular flexibility index (Phi) is 3.71. The number of hydrogen-bond acceptors (Lipinski definition) is 3. The Bertz CT molecular complexity index is 302. The van der Waals surface area contributed by atoms with Crippen molar-refractivity contribution in [2.75, 3.05) is 7.11 Å². The van der Waals surface area contributed by atoms with E-state index in [9.17, 15) is 4.39 Å². The number of hydrogen-bond donors (Lipinski definition) is 0. The van der Waals surface area contributed by atoms with E-state index in [1.165, 1.54) is 13.2 Å². The summed E-state index contributed by atoms with van der Waals surface area (Å²) in [5.41, 5.74) is 1.91. The Labute approximate surface area is 81.2 Å². The highest BCUT2D eigenvalue weighted by molar-refractivity contribution is 7.94. The second-order valence-electron chi connectivity index (χ2n) is 2.64. The third-order valence-corrected chi connectivity index (χ3v) is 2.69. The van der Waals surface area contributed by atoms with E-state index in [1.807, 2.05) is 13.8 Å². The number of rotatable bonds is 3. The molecular weight excluding hydrogens is 191 g/mol. The van der Waals surface area contributed by atoms with Crippen LogP contribution in [0.3, 0.4) is 0 Å². The molecule has 2 nitrogen and oxygen atoms in total. The van der Waals surface area contributed by atoms with Gasteiger partial charge in [-0.05, 0) is 31.0 Å². The third kappa shape index (κ3) is 2.43. The summed E-state index contributed by atoms with van der Waals surface area (Å²) in [5.74, 6) is -0.287. The number of benzene rings is 1. The summed E-state index contributed by atoms with van der Waals surface area (Å²) < 4.78 is 17.8. The molecule has 0 saturated carbocycles. The molecule has 0 saturated heterocycles. The van der Waals surface area contributed by atoms with Crippen LogP contribution in [0.15, 0.2) is 17.0 Å². The predicted molar refractivity (Wildman–Crippen MR) is 49.8 cm³/mol. The molecule has 1 aromatic rings. The molecule has 0 atom stereocenters. The average Bonchev–Trinajstić information content (AvgIpc) is 2.12. The molecule has 0 fully saturated rings. The molecule has 0 spiro atoms. The first-order valence-electron chi connectivity index (χ1n) is 3.80. The van der Waals surface area contributed by atoms with Crippen molar-refractivity contribution in [3.63, 3.8) is 0 Å². The second kappa shape index (κ2) is 4.60. The second-order valence-corrected chi connectivity index (χ2v) is 3.35. The van der Waals surface area contributed by atoms with Crippen LogP contribution in [0.25, 0.3) is 0 Å². The van der Waals surface area contributed by atoms with Gasteiger partial charge in [0.2, 0.25) is 0 Å². The Morgan fingerprint density at radius 2 is 2.00 bits per heavy atom. The minimum atomic E-state index is -0.287. The van der Waals surface area contributed by atoms with Crippen molar-refractivity contribution in [2.24, 2.45) is 0 Å². The van der Waals surface area contributed by atoms with Gasteiger partial charge < -0.3 is 0 Å². The van der Waals surface area contributed by atoms with Crippen LogP contribution in [0.5, 0.6) is 0 Å². The Morgan fingerprint density at radius 3 is 2.62 bits per heavy atom. The summed E-state index contributed by atoms with van der Waals surface area (Å²) in [4.78, 5) is 4.87. The highest BCUT2D eigenvalue weighted by Gasteiger charge is 2.09. The predicted octanol–water partition coefficient (Wildman–Crippen LogP) is 3.03. The van der Waals surface area contributed by atoms with Crippen LogP contribution in [0.4, 0.5) is 4.39 Å². The van der Waals surface area contributed by atoms with Crippen LogP contribution in [-0.4, -0.2) is 7.11 Å². The van der Waals surface area contributed by atoms with E-state index in [0.717, 1.165) is 23.2 Å². The standard InChI is InChI=1S/C9H11FO2S/c1-6-4-5-8(10)9(7(6)2)13-12-11-3/h4-5H,1-3H3. The summed E-state index contributed by atoms with van der Waals surface area (Å²) in [6.45, 7) is 3.77. The van der Waals surface area contributed by atoms with Crippen LogP contribution in [-0.2, 0) is 9.22 Å². The first-order chi connectivity index (χ1) is 6.16. The van der Waals surface area contributed by atoms with E-state index in [0.29, 0.717) is 4.90 Å². The van der Waals surface area contributed by atoms with Gasteiger partial charge in [0.25, 0.3) is 0 Å². The van der Waals surface area contributed by atoms with Crippen LogP contribution < -0.4 is 0 Å². The fraction of sp³-hybridized carbons (Fsp3) is 0.333. The molecule has 0 aliphatic heterocycles. The van der Waals surface area contributed by atoms with Crippen molar-refractivity contribution in [1.29, 1.82) is 0 Å². The van der Waals surface area contributed by atoms with E-state index >= 15 is 0 Å². The highest BCUT2D eigenvalue weighted by Crippen LogP contribution is 2.28. The average molecular weight is 202 g/mol. The van der Waals surface area contributed by atoms with E-state index < -0.39 is 0 Å². The zero-order valence-electron chi connectivity index (χ0n) is 7.76. The van der Waals surface area contributed by atoms with Gasteiger partial charge in [0.05, 0.1) is 24.0 Å².